The summed E-state index contributed by atoms with van der Waals surface area (Å²) in [6.45, 7) is 7.47. The van der Waals surface area contributed by atoms with Gasteiger partial charge in [0.15, 0.2) is 0 Å². The van der Waals surface area contributed by atoms with Crippen molar-refractivity contribution in [2.75, 3.05) is 11.9 Å². The Morgan fingerprint density at radius 1 is 1.33 bits per heavy atom. The lowest BCUT2D eigenvalue weighted by molar-refractivity contribution is 0.443. The molecule has 96 valence electrons. The van der Waals surface area contributed by atoms with E-state index in [2.05, 4.69) is 53.1 Å². The maximum atomic E-state index is 6.07. The number of nitrogens with one attached hydrogen (secondary N) is 1. The minimum Gasteiger partial charge on any atom is -0.384 e. The highest BCUT2D eigenvalue weighted by Crippen LogP contribution is 2.30. The predicted octanol–water partition coefficient (Wildman–Crippen LogP) is 5.11. The van der Waals surface area contributed by atoms with Crippen LogP contribution in [-0.2, 0) is 0 Å². The Morgan fingerprint density at radius 3 is 2.72 bits per heavy atom. The molecule has 0 bridgehead atoms. The molecule has 0 atom stereocenters. The third-order valence-electron chi connectivity index (χ3n) is 2.57. The van der Waals surface area contributed by atoms with Crippen molar-refractivity contribution in [2.45, 2.75) is 20.8 Å². The fraction of sp³-hybridized carbons (Fsp3) is 0.357. The molecule has 0 aliphatic heterocycles. The molecule has 1 aromatic heterocycles. The van der Waals surface area contributed by atoms with Crippen molar-refractivity contribution < 1.29 is 0 Å². The summed E-state index contributed by atoms with van der Waals surface area (Å²) in [6.07, 6.45) is 0. The summed E-state index contributed by atoms with van der Waals surface area (Å²) in [5.41, 5.74) is 2.14. The standard InChI is InChI=1S/C14H16BrClN2/c1-14(2,3)8-17-11-7-12(16)18-13-9(11)5-4-6-10(13)15/h4-7H,8H2,1-3H3,(H,17,18). The number of rotatable bonds is 2. The Kier molecular flexibility index (Phi) is 3.83. The van der Waals surface area contributed by atoms with Gasteiger partial charge in [-0.2, -0.15) is 0 Å². The normalized spacial score (nSPS) is 11.8. The van der Waals surface area contributed by atoms with E-state index in [1.54, 1.807) is 0 Å². The van der Waals surface area contributed by atoms with E-state index in [1.807, 2.05) is 18.2 Å². The molecule has 0 aliphatic carbocycles. The summed E-state index contributed by atoms with van der Waals surface area (Å²) in [4.78, 5) is 4.36. The van der Waals surface area contributed by atoms with E-state index in [0.717, 1.165) is 27.6 Å². The number of pyridine rings is 1. The minimum absolute atomic E-state index is 0.216. The molecule has 0 aliphatic rings. The summed E-state index contributed by atoms with van der Waals surface area (Å²) in [5, 5.41) is 5.04. The average Bonchev–Trinajstić information content (AvgIpc) is 2.26. The Bertz CT molecular complexity index is 576. The van der Waals surface area contributed by atoms with E-state index < -0.39 is 0 Å². The van der Waals surface area contributed by atoms with Gasteiger partial charge in [-0.1, -0.05) is 44.5 Å². The van der Waals surface area contributed by atoms with Gasteiger partial charge in [-0.15, -0.1) is 0 Å². The number of fused-ring (bicyclic) bond motifs is 1. The maximum Gasteiger partial charge on any atom is 0.131 e. The minimum atomic E-state index is 0.216. The molecule has 4 heteroatoms. The fourth-order valence-electron chi connectivity index (χ4n) is 1.69. The Labute approximate surface area is 121 Å². The monoisotopic (exact) mass is 326 g/mol. The lowest BCUT2D eigenvalue weighted by atomic mass is 9.97. The van der Waals surface area contributed by atoms with E-state index in [0.29, 0.717) is 5.15 Å². The first-order valence-electron chi connectivity index (χ1n) is 5.85. The van der Waals surface area contributed by atoms with Crippen LogP contribution in [0.3, 0.4) is 0 Å². The van der Waals surface area contributed by atoms with E-state index >= 15 is 0 Å². The molecular weight excluding hydrogens is 312 g/mol. The largest absolute Gasteiger partial charge is 0.384 e. The summed E-state index contributed by atoms with van der Waals surface area (Å²) < 4.78 is 0.960. The first-order valence-corrected chi connectivity index (χ1v) is 7.02. The lowest BCUT2D eigenvalue weighted by Crippen LogP contribution is -2.19. The number of anilines is 1. The van der Waals surface area contributed by atoms with Gasteiger partial charge in [-0.05, 0) is 33.5 Å². The molecule has 2 rings (SSSR count). The number of aromatic nitrogens is 1. The summed E-state index contributed by atoms with van der Waals surface area (Å²) in [7, 11) is 0. The van der Waals surface area contributed by atoms with Crippen LogP contribution < -0.4 is 5.32 Å². The molecule has 0 unspecified atom stereocenters. The predicted molar refractivity (Wildman–Crippen MR) is 82.4 cm³/mol. The first-order chi connectivity index (χ1) is 8.37. The van der Waals surface area contributed by atoms with Gasteiger partial charge in [0, 0.05) is 22.1 Å². The highest BCUT2D eigenvalue weighted by Gasteiger charge is 2.12. The summed E-state index contributed by atoms with van der Waals surface area (Å²) >= 11 is 9.58. The van der Waals surface area contributed by atoms with Crippen LogP contribution in [0.4, 0.5) is 5.69 Å². The fourth-order valence-corrected chi connectivity index (χ4v) is 2.34. The second kappa shape index (κ2) is 5.06. The van der Waals surface area contributed by atoms with Crippen LogP contribution in [-0.4, -0.2) is 11.5 Å². The van der Waals surface area contributed by atoms with E-state index in [9.17, 15) is 0 Å². The van der Waals surface area contributed by atoms with Crippen LogP contribution in [0.1, 0.15) is 20.8 Å². The summed E-state index contributed by atoms with van der Waals surface area (Å²) in [5.74, 6) is 0. The number of hydrogen-bond donors (Lipinski definition) is 1. The second-order valence-corrected chi connectivity index (χ2v) is 6.78. The molecule has 2 nitrogen and oxygen atoms in total. The van der Waals surface area contributed by atoms with Crippen molar-refractivity contribution in [1.82, 2.24) is 4.98 Å². The smallest absolute Gasteiger partial charge is 0.131 e. The molecule has 1 N–H and O–H groups in total. The molecule has 0 spiro atoms. The van der Waals surface area contributed by atoms with Crippen molar-refractivity contribution >= 4 is 44.1 Å². The zero-order valence-electron chi connectivity index (χ0n) is 10.7. The van der Waals surface area contributed by atoms with E-state index in [1.165, 1.54) is 0 Å². The van der Waals surface area contributed by atoms with Crippen molar-refractivity contribution in [2.24, 2.45) is 5.41 Å². The number of benzene rings is 1. The molecule has 18 heavy (non-hydrogen) atoms. The van der Waals surface area contributed by atoms with Crippen LogP contribution in [0.5, 0.6) is 0 Å². The molecule has 1 aromatic carbocycles. The van der Waals surface area contributed by atoms with E-state index in [-0.39, 0.29) is 5.41 Å². The molecule has 0 saturated heterocycles. The van der Waals surface area contributed by atoms with Gasteiger partial charge in [-0.3, -0.25) is 0 Å². The zero-order valence-corrected chi connectivity index (χ0v) is 13.1. The highest BCUT2D eigenvalue weighted by atomic mass is 79.9. The van der Waals surface area contributed by atoms with Crippen LogP contribution in [0.25, 0.3) is 10.9 Å². The Hall–Kier alpha value is -0.800. The Balaban J connectivity index is 2.47. The number of hydrogen-bond acceptors (Lipinski definition) is 2. The number of nitrogens with zero attached hydrogens (tertiary/aromatic N) is 1. The van der Waals surface area contributed by atoms with Crippen molar-refractivity contribution in [3.8, 4) is 0 Å². The van der Waals surface area contributed by atoms with E-state index in [4.69, 9.17) is 11.6 Å². The summed E-state index contributed by atoms with van der Waals surface area (Å²) in [6, 6.07) is 7.90. The Morgan fingerprint density at radius 2 is 2.06 bits per heavy atom. The second-order valence-electron chi connectivity index (χ2n) is 5.54. The molecule has 1 heterocycles. The van der Waals surface area contributed by atoms with Gasteiger partial charge in [-0.25, -0.2) is 4.98 Å². The van der Waals surface area contributed by atoms with Gasteiger partial charge in [0.25, 0.3) is 0 Å². The van der Waals surface area contributed by atoms with Crippen LogP contribution >= 0.6 is 27.5 Å². The SMILES string of the molecule is CC(C)(C)CNc1cc(Cl)nc2c(Br)cccc12. The molecule has 0 amide bonds. The molecule has 0 radical (unpaired) electrons. The van der Waals surface area contributed by atoms with Gasteiger partial charge >= 0.3 is 0 Å². The lowest BCUT2D eigenvalue weighted by Gasteiger charge is -2.20. The maximum absolute atomic E-state index is 6.07. The van der Waals surface area contributed by atoms with Gasteiger partial charge in [0.2, 0.25) is 0 Å². The molecule has 0 saturated carbocycles. The average molecular weight is 328 g/mol. The van der Waals surface area contributed by atoms with Gasteiger partial charge in [0.05, 0.1) is 5.52 Å². The molecule has 2 aromatic rings. The van der Waals surface area contributed by atoms with Gasteiger partial charge < -0.3 is 5.32 Å². The van der Waals surface area contributed by atoms with Crippen molar-refractivity contribution in [3.63, 3.8) is 0 Å². The number of halogens is 2. The number of para-hydroxylation sites is 1. The third-order valence-corrected chi connectivity index (χ3v) is 3.40. The first kappa shape index (κ1) is 13.6. The van der Waals surface area contributed by atoms with Crippen LogP contribution in [0, 0.1) is 5.41 Å². The molecule has 0 fully saturated rings. The van der Waals surface area contributed by atoms with Crippen molar-refractivity contribution in [3.05, 3.63) is 33.9 Å². The van der Waals surface area contributed by atoms with Crippen molar-refractivity contribution in [1.29, 1.82) is 0 Å². The zero-order chi connectivity index (χ0) is 13.3. The third kappa shape index (κ3) is 3.15. The van der Waals surface area contributed by atoms with Gasteiger partial charge in [0.1, 0.15) is 5.15 Å². The topological polar surface area (TPSA) is 24.9 Å². The quantitative estimate of drug-likeness (QED) is 0.775. The highest BCUT2D eigenvalue weighted by molar-refractivity contribution is 9.10. The molecular formula is C14H16BrClN2. The van der Waals surface area contributed by atoms with Crippen LogP contribution in [0.15, 0.2) is 28.7 Å². The van der Waals surface area contributed by atoms with Crippen LogP contribution in [0.2, 0.25) is 5.15 Å².